The van der Waals surface area contributed by atoms with Crippen LogP contribution in [0.15, 0.2) is 84.0 Å². The van der Waals surface area contributed by atoms with Crippen LogP contribution in [-0.4, -0.2) is 18.0 Å². The first kappa shape index (κ1) is 20.3. The van der Waals surface area contributed by atoms with Gasteiger partial charge in [-0.15, -0.1) is 0 Å². The van der Waals surface area contributed by atoms with Crippen LogP contribution in [0, 0.1) is 0 Å². The Morgan fingerprint density at radius 3 is 2.24 bits per heavy atom. The van der Waals surface area contributed by atoms with Gasteiger partial charge in [-0.1, -0.05) is 66.2 Å². The summed E-state index contributed by atoms with van der Waals surface area (Å²) in [6, 6.07) is 23.5. The van der Waals surface area contributed by atoms with E-state index in [1.807, 2.05) is 30.3 Å². The van der Waals surface area contributed by atoms with Gasteiger partial charge < -0.3 is 5.32 Å². The average molecular weight is 406 g/mol. The zero-order chi connectivity index (χ0) is 20.5. The van der Waals surface area contributed by atoms with E-state index in [-0.39, 0.29) is 5.91 Å². The van der Waals surface area contributed by atoms with Gasteiger partial charge in [0.1, 0.15) is 0 Å². The number of hydrogen-bond acceptors (Lipinski definition) is 3. The molecule has 146 valence electrons. The summed E-state index contributed by atoms with van der Waals surface area (Å²) in [5, 5.41) is 7.08. The van der Waals surface area contributed by atoms with Crippen molar-refractivity contribution in [3.63, 3.8) is 0 Å². The fourth-order valence-corrected chi connectivity index (χ4v) is 2.95. The van der Waals surface area contributed by atoms with Crippen LogP contribution in [0.2, 0.25) is 5.02 Å². The molecule has 0 heterocycles. The molecule has 0 radical (unpaired) electrons. The lowest BCUT2D eigenvalue weighted by atomic mass is 10.1. The number of amides is 2. The Morgan fingerprint density at radius 2 is 1.48 bits per heavy atom. The predicted octanol–water partition coefficient (Wildman–Crippen LogP) is 4.94. The van der Waals surface area contributed by atoms with Crippen molar-refractivity contribution >= 4 is 35.3 Å². The molecule has 2 N–H and O–H groups in total. The van der Waals surface area contributed by atoms with Crippen LogP contribution in [0.1, 0.15) is 32.7 Å². The number of nitrogens with zero attached hydrogens (tertiary/aromatic N) is 1. The van der Waals surface area contributed by atoms with Crippen molar-refractivity contribution in [1.29, 1.82) is 0 Å². The maximum Gasteiger partial charge on any atom is 0.273 e. The van der Waals surface area contributed by atoms with E-state index >= 15 is 0 Å². The van der Waals surface area contributed by atoms with Gasteiger partial charge in [0, 0.05) is 6.21 Å². The van der Waals surface area contributed by atoms with Crippen LogP contribution in [0.4, 0.5) is 5.69 Å². The molecular weight excluding hydrogens is 386 g/mol. The summed E-state index contributed by atoms with van der Waals surface area (Å²) in [7, 11) is 0. The van der Waals surface area contributed by atoms with E-state index in [2.05, 4.69) is 15.8 Å². The maximum absolute atomic E-state index is 12.5. The van der Waals surface area contributed by atoms with Crippen molar-refractivity contribution in [2.45, 2.75) is 12.8 Å². The van der Waals surface area contributed by atoms with Gasteiger partial charge in [-0.05, 0) is 42.7 Å². The second kappa shape index (κ2) is 10.2. The number of halogens is 1. The van der Waals surface area contributed by atoms with Gasteiger partial charge >= 0.3 is 0 Å². The second-order valence-electron chi connectivity index (χ2n) is 6.26. The van der Waals surface area contributed by atoms with Crippen molar-refractivity contribution < 1.29 is 9.59 Å². The van der Waals surface area contributed by atoms with Crippen LogP contribution >= 0.6 is 11.6 Å². The average Bonchev–Trinajstić information content (AvgIpc) is 2.74. The number of hydrazone groups is 1. The summed E-state index contributed by atoms with van der Waals surface area (Å²) in [6.07, 6.45) is 3.20. The third kappa shape index (κ3) is 5.77. The number of benzene rings is 3. The molecule has 5 nitrogen and oxygen atoms in total. The zero-order valence-electron chi connectivity index (χ0n) is 15.6. The van der Waals surface area contributed by atoms with Gasteiger partial charge in [0.15, 0.2) is 0 Å². The van der Waals surface area contributed by atoms with E-state index in [1.54, 1.807) is 54.7 Å². The highest BCUT2D eigenvalue weighted by Gasteiger charge is 2.15. The molecule has 0 aliphatic rings. The molecule has 0 saturated heterocycles. The quantitative estimate of drug-likeness (QED) is 0.431. The summed E-state index contributed by atoms with van der Waals surface area (Å²) in [5.41, 5.74) is 4.74. The topological polar surface area (TPSA) is 70.6 Å². The van der Waals surface area contributed by atoms with E-state index < -0.39 is 5.91 Å². The van der Waals surface area contributed by atoms with Gasteiger partial charge in [0.2, 0.25) is 0 Å². The molecule has 3 aromatic rings. The molecule has 0 aliphatic carbocycles. The van der Waals surface area contributed by atoms with E-state index in [0.29, 0.717) is 28.3 Å². The lowest BCUT2D eigenvalue weighted by molar-refractivity contribution is 0.0956. The Bertz CT molecular complexity index is 1020. The van der Waals surface area contributed by atoms with E-state index in [9.17, 15) is 9.59 Å². The van der Waals surface area contributed by atoms with Crippen molar-refractivity contribution in [3.05, 3.63) is 101 Å². The maximum atomic E-state index is 12.5. The molecule has 2 amide bonds. The molecule has 3 rings (SSSR count). The molecule has 0 spiro atoms. The SMILES string of the molecule is O=C(Nc1ccccc1C(=O)NN=CCCc1ccccc1)c1ccccc1Cl. The van der Waals surface area contributed by atoms with Gasteiger partial charge in [0.05, 0.1) is 21.8 Å². The first-order chi connectivity index (χ1) is 14.1. The van der Waals surface area contributed by atoms with E-state index in [0.717, 1.165) is 6.42 Å². The number of para-hydroxylation sites is 1. The number of nitrogens with one attached hydrogen (secondary N) is 2. The molecule has 3 aromatic carbocycles. The fourth-order valence-electron chi connectivity index (χ4n) is 2.73. The minimum atomic E-state index is -0.406. The normalized spacial score (nSPS) is 10.7. The van der Waals surface area contributed by atoms with Crippen molar-refractivity contribution in [2.24, 2.45) is 5.10 Å². The number of carbonyl (C=O) groups excluding carboxylic acids is 2. The third-order valence-electron chi connectivity index (χ3n) is 4.20. The summed E-state index contributed by atoms with van der Waals surface area (Å²) >= 11 is 6.07. The van der Waals surface area contributed by atoms with E-state index in [1.165, 1.54) is 5.56 Å². The predicted molar refractivity (Wildman–Crippen MR) is 117 cm³/mol. The lowest BCUT2D eigenvalue weighted by Gasteiger charge is -2.10. The van der Waals surface area contributed by atoms with Crippen molar-refractivity contribution in [2.75, 3.05) is 5.32 Å². The van der Waals surface area contributed by atoms with Gasteiger partial charge in [0.25, 0.3) is 11.8 Å². The molecule has 0 bridgehead atoms. The van der Waals surface area contributed by atoms with Crippen LogP contribution in [0.25, 0.3) is 0 Å². The molecule has 0 fully saturated rings. The second-order valence-corrected chi connectivity index (χ2v) is 6.66. The summed E-state index contributed by atoms with van der Waals surface area (Å²) in [6.45, 7) is 0. The van der Waals surface area contributed by atoms with Gasteiger partial charge in [-0.25, -0.2) is 5.43 Å². The highest BCUT2D eigenvalue weighted by atomic mass is 35.5. The lowest BCUT2D eigenvalue weighted by Crippen LogP contribution is -2.21. The highest BCUT2D eigenvalue weighted by Crippen LogP contribution is 2.19. The van der Waals surface area contributed by atoms with Crippen molar-refractivity contribution in [3.8, 4) is 0 Å². The minimum absolute atomic E-state index is 0.313. The smallest absolute Gasteiger partial charge is 0.273 e. The number of hydrogen-bond donors (Lipinski definition) is 2. The number of aryl methyl sites for hydroxylation is 1. The standard InChI is InChI=1S/C23H20ClN3O2/c24-20-14-6-4-12-18(20)22(28)26-21-15-7-5-13-19(21)23(29)27-25-16-8-11-17-9-2-1-3-10-17/h1-7,9-10,12-16H,8,11H2,(H,26,28)(H,27,29). The molecule has 0 atom stereocenters. The molecule has 29 heavy (non-hydrogen) atoms. The Balaban J connectivity index is 1.60. The number of carbonyl (C=O) groups is 2. The van der Waals surface area contributed by atoms with Gasteiger partial charge in [-0.2, -0.15) is 5.10 Å². The first-order valence-electron chi connectivity index (χ1n) is 9.16. The van der Waals surface area contributed by atoms with Crippen LogP contribution in [-0.2, 0) is 6.42 Å². The van der Waals surface area contributed by atoms with Crippen LogP contribution in [0.3, 0.4) is 0 Å². The fraction of sp³-hybridized carbons (Fsp3) is 0.0870. The monoisotopic (exact) mass is 405 g/mol. The molecule has 0 unspecified atom stereocenters. The van der Waals surface area contributed by atoms with Gasteiger partial charge in [-0.3, -0.25) is 9.59 Å². The molecule has 0 saturated carbocycles. The summed E-state index contributed by atoms with van der Waals surface area (Å²) < 4.78 is 0. The Labute approximate surface area is 174 Å². The van der Waals surface area contributed by atoms with Crippen molar-refractivity contribution in [1.82, 2.24) is 5.43 Å². The Morgan fingerprint density at radius 1 is 0.828 bits per heavy atom. The third-order valence-corrected chi connectivity index (χ3v) is 4.53. The summed E-state index contributed by atoms with van der Waals surface area (Å²) in [5.74, 6) is -0.793. The Kier molecular flexibility index (Phi) is 7.14. The molecular formula is C23H20ClN3O2. The zero-order valence-corrected chi connectivity index (χ0v) is 16.4. The number of anilines is 1. The largest absolute Gasteiger partial charge is 0.321 e. The molecule has 0 aliphatic heterocycles. The van der Waals surface area contributed by atoms with E-state index in [4.69, 9.17) is 11.6 Å². The summed E-state index contributed by atoms with van der Waals surface area (Å²) in [4.78, 5) is 25.0. The van der Waals surface area contributed by atoms with Crippen LogP contribution < -0.4 is 10.7 Å². The number of rotatable bonds is 7. The van der Waals surface area contributed by atoms with Crippen LogP contribution in [0.5, 0.6) is 0 Å². The highest BCUT2D eigenvalue weighted by molar-refractivity contribution is 6.34. The minimum Gasteiger partial charge on any atom is -0.321 e. The molecule has 0 aromatic heterocycles. The molecule has 6 heteroatoms. The first-order valence-corrected chi connectivity index (χ1v) is 9.53. The Hall–Kier alpha value is -3.44.